The molecule has 0 aliphatic carbocycles. The highest BCUT2D eigenvalue weighted by molar-refractivity contribution is 7.85. The minimum Gasteiger partial charge on any atom is -0.494 e. The summed E-state index contributed by atoms with van der Waals surface area (Å²) in [5.74, 6) is 2.19. The normalized spacial score (nSPS) is 13.9. The minimum absolute atomic E-state index is 0.105. The predicted octanol–water partition coefficient (Wildman–Crippen LogP) is 2.52. The maximum atomic E-state index is 12.1. The summed E-state index contributed by atoms with van der Waals surface area (Å²) in [5, 5.41) is 3.24. The van der Waals surface area contributed by atoms with Crippen LogP contribution in [0.3, 0.4) is 0 Å². The Morgan fingerprint density at radius 3 is 2.52 bits per heavy atom. The Hall–Kier alpha value is -0.910. The van der Waals surface area contributed by atoms with Gasteiger partial charge >= 0.3 is 0 Å². The van der Waals surface area contributed by atoms with Gasteiger partial charge in [0, 0.05) is 42.1 Å². The summed E-state index contributed by atoms with van der Waals surface area (Å²) in [7, 11) is 2.73. The minimum atomic E-state index is -0.836. The Balaban J connectivity index is 2.52. The van der Waals surface area contributed by atoms with E-state index in [1.54, 1.807) is 7.11 Å². The average molecular weight is 313 g/mol. The van der Waals surface area contributed by atoms with Crippen molar-refractivity contribution in [1.29, 1.82) is 0 Å². The molecule has 1 rings (SSSR count). The molecule has 0 bridgehead atoms. The molecule has 0 amide bonds. The average Bonchev–Trinajstić information content (AvgIpc) is 2.51. The molecular formula is C16H27NO3S. The molecule has 4 nitrogen and oxygen atoms in total. The van der Waals surface area contributed by atoms with E-state index in [2.05, 4.69) is 12.2 Å². The van der Waals surface area contributed by atoms with Crippen molar-refractivity contribution in [3.05, 3.63) is 29.8 Å². The van der Waals surface area contributed by atoms with Crippen molar-refractivity contribution < 1.29 is 13.7 Å². The first-order valence-electron chi connectivity index (χ1n) is 7.45. The molecule has 0 aliphatic heterocycles. The van der Waals surface area contributed by atoms with Gasteiger partial charge in [-0.3, -0.25) is 4.21 Å². The lowest BCUT2D eigenvalue weighted by molar-refractivity contribution is 0.200. The third-order valence-corrected chi connectivity index (χ3v) is 4.63. The highest BCUT2D eigenvalue weighted by Crippen LogP contribution is 2.19. The van der Waals surface area contributed by atoms with Crippen LogP contribution < -0.4 is 10.1 Å². The maximum Gasteiger partial charge on any atom is 0.119 e. The SMILES string of the molecule is CCCOc1ccc(C(CS(=O)CCCOC)NC)cc1. The van der Waals surface area contributed by atoms with Crippen LogP contribution in [0, 0.1) is 0 Å². The molecule has 5 heteroatoms. The van der Waals surface area contributed by atoms with Crippen LogP contribution in [0.4, 0.5) is 0 Å². The fourth-order valence-corrected chi connectivity index (χ4v) is 3.33. The van der Waals surface area contributed by atoms with Gasteiger partial charge in [0.1, 0.15) is 5.75 Å². The van der Waals surface area contributed by atoms with Gasteiger partial charge < -0.3 is 14.8 Å². The number of hydrogen-bond donors (Lipinski definition) is 1. The monoisotopic (exact) mass is 313 g/mol. The molecule has 2 unspecified atom stereocenters. The van der Waals surface area contributed by atoms with Crippen molar-refractivity contribution in [3.8, 4) is 5.75 Å². The molecule has 21 heavy (non-hydrogen) atoms. The number of rotatable bonds is 11. The van der Waals surface area contributed by atoms with Gasteiger partial charge in [-0.2, -0.15) is 0 Å². The lowest BCUT2D eigenvalue weighted by Gasteiger charge is -2.17. The lowest BCUT2D eigenvalue weighted by Crippen LogP contribution is -2.23. The zero-order valence-electron chi connectivity index (χ0n) is 13.3. The van der Waals surface area contributed by atoms with E-state index in [1.165, 1.54) is 0 Å². The first-order valence-corrected chi connectivity index (χ1v) is 8.94. The number of nitrogens with one attached hydrogen (secondary N) is 1. The molecular weight excluding hydrogens is 286 g/mol. The molecule has 0 aromatic heterocycles. The summed E-state index contributed by atoms with van der Waals surface area (Å²) < 4.78 is 22.6. The fraction of sp³-hybridized carbons (Fsp3) is 0.625. The van der Waals surface area contributed by atoms with Gasteiger partial charge in [-0.15, -0.1) is 0 Å². The number of methoxy groups -OCH3 is 1. The standard InChI is InChI=1S/C16H27NO3S/c1-4-10-20-15-8-6-14(7-9-15)16(17-2)13-21(18)12-5-11-19-3/h6-9,16-17H,4-5,10-13H2,1-3H3. The van der Waals surface area contributed by atoms with Crippen molar-refractivity contribution in [1.82, 2.24) is 5.32 Å². The van der Waals surface area contributed by atoms with Crippen molar-refractivity contribution in [2.45, 2.75) is 25.8 Å². The van der Waals surface area contributed by atoms with Gasteiger partial charge in [0.2, 0.25) is 0 Å². The summed E-state index contributed by atoms with van der Waals surface area (Å²) >= 11 is 0. The molecule has 0 saturated heterocycles. The summed E-state index contributed by atoms with van der Waals surface area (Å²) in [6, 6.07) is 8.14. The van der Waals surface area contributed by atoms with E-state index in [0.29, 0.717) is 18.1 Å². The van der Waals surface area contributed by atoms with Crippen molar-refractivity contribution in [2.24, 2.45) is 0 Å². The van der Waals surface area contributed by atoms with Crippen LogP contribution in [0.5, 0.6) is 5.75 Å². The van der Waals surface area contributed by atoms with E-state index in [1.807, 2.05) is 31.3 Å². The molecule has 1 N–H and O–H groups in total. The summed E-state index contributed by atoms with van der Waals surface area (Å²) in [4.78, 5) is 0. The Labute approximate surface area is 130 Å². The third kappa shape index (κ3) is 7.07. The zero-order chi connectivity index (χ0) is 15.5. The molecule has 1 aromatic carbocycles. The number of benzene rings is 1. The molecule has 0 saturated carbocycles. The molecule has 0 spiro atoms. The number of hydrogen-bond acceptors (Lipinski definition) is 4. The van der Waals surface area contributed by atoms with Crippen molar-refractivity contribution in [2.75, 3.05) is 38.9 Å². The Bertz CT molecular complexity index is 408. The van der Waals surface area contributed by atoms with E-state index in [0.717, 1.165) is 30.8 Å². The van der Waals surface area contributed by atoms with E-state index in [-0.39, 0.29) is 6.04 Å². The summed E-state index contributed by atoms with van der Waals surface area (Å²) in [6.45, 7) is 3.49. The summed E-state index contributed by atoms with van der Waals surface area (Å²) in [6.07, 6.45) is 1.84. The van der Waals surface area contributed by atoms with E-state index in [9.17, 15) is 4.21 Å². The fourth-order valence-electron chi connectivity index (χ4n) is 2.00. The molecule has 2 atom stereocenters. The van der Waals surface area contributed by atoms with E-state index >= 15 is 0 Å². The second-order valence-electron chi connectivity index (χ2n) is 4.92. The van der Waals surface area contributed by atoms with Crippen LogP contribution in [0.25, 0.3) is 0 Å². The second-order valence-corrected chi connectivity index (χ2v) is 6.54. The topological polar surface area (TPSA) is 47.6 Å². The van der Waals surface area contributed by atoms with Crippen molar-refractivity contribution in [3.63, 3.8) is 0 Å². The van der Waals surface area contributed by atoms with E-state index < -0.39 is 10.8 Å². The highest BCUT2D eigenvalue weighted by Gasteiger charge is 2.13. The lowest BCUT2D eigenvalue weighted by atomic mass is 10.1. The second kappa shape index (κ2) is 10.8. The largest absolute Gasteiger partial charge is 0.494 e. The van der Waals surface area contributed by atoms with E-state index in [4.69, 9.17) is 9.47 Å². The smallest absolute Gasteiger partial charge is 0.119 e. The van der Waals surface area contributed by atoms with Crippen LogP contribution in [-0.2, 0) is 15.5 Å². The van der Waals surface area contributed by atoms with Gasteiger partial charge in [0.15, 0.2) is 0 Å². The van der Waals surface area contributed by atoms with Gasteiger partial charge in [-0.25, -0.2) is 0 Å². The molecule has 0 aliphatic rings. The maximum absolute atomic E-state index is 12.1. The molecule has 1 aromatic rings. The molecule has 120 valence electrons. The quantitative estimate of drug-likeness (QED) is 0.638. The first kappa shape index (κ1) is 18.1. The van der Waals surface area contributed by atoms with Gasteiger partial charge in [-0.05, 0) is 37.6 Å². The molecule has 0 heterocycles. The highest BCUT2D eigenvalue weighted by atomic mass is 32.2. The van der Waals surface area contributed by atoms with Crippen LogP contribution in [0.15, 0.2) is 24.3 Å². The van der Waals surface area contributed by atoms with Gasteiger partial charge in [0.05, 0.1) is 6.61 Å². The summed E-state index contributed by atoms with van der Waals surface area (Å²) in [5.41, 5.74) is 1.14. The third-order valence-electron chi connectivity index (χ3n) is 3.18. The van der Waals surface area contributed by atoms with Crippen LogP contribution >= 0.6 is 0 Å². The van der Waals surface area contributed by atoms with Gasteiger partial charge in [-0.1, -0.05) is 19.1 Å². The van der Waals surface area contributed by atoms with Crippen LogP contribution in [0.1, 0.15) is 31.4 Å². The van der Waals surface area contributed by atoms with Crippen molar-refractivity contribution >= 4 is 10.8 Å². The molecule has 0 fully saturated rings. The first-order chi connectivity index (χ1) is 10.2. The van der Waals surface area contributed by atoms with Gasteiger partial charge in [0.25, 0.3) is 0 Å². The Morgan fingerprint density at radius 1 is 1.24 bits per heavy atom. The Kier molecular flexibility index (Phi) is 9.30. The zero-order valence-corrected chi connectivity index (χ0v) is 14.1. The van der Waals surface area contributed by atoms with Crippen LogP contribution in [-0.4, -0.2) is 43.1 Å². The molecule has 0 radical (unpaired) electrons. The predicted molar refractivity (Wildman–Crippen MR) is 88.4 cm³/mol. The van der Waals surface area contributed by atoms with Crippen LogP contribution in [0.2, 0.25) is 0 Å². The number of ether oxygens (including phenoxy) is 2. The Morgan fingerprint density at radius 2 is 1.95 bits per heavy atom.